The molecule has 5 aromatic rings. The molecule has 30 heavy (non-hydrogen) atoms. The zero-order chi connectivity index (χ0) is 20.5. The smallest absolute Gasteiger partial charge is 0.252 e. The van der Waals surface area contributed by atoms with E-state index in [-0.39, 0.29) is 11.9 Å². The Labute approximate surface area is 173 Å². The fraction of sp³-hybridized carbons (Fsp3) is 0.0833. The number of hydrogen-bond acceptors (Lipinski definition) is 4. The van der Waals surface area contributed by atoms with Crippen molar-refractivity contribution in [1.82, 2.24) is 25.3 Å². The first-order chi connectivity index (χ1) is 14.7. The fourth-order valence-corrected chi connectivity index (χ4v) is 3.55. The number of hydrogen-bond donors (Lipinski definition) is 2. The van der Waals surface area contributed by atoms with Crippen molar-refractivity contribution >= 4 is 27.8 Å². The van der Waals surface area contributed by atoms with Gasteiger partial charge in [0.25, 0.3) is 5.91 Å². The number of pyridine rings is 2. The van der Waals surface area contributed by atoms with Crippen molar-refractivity contribution in [3.63, 3.8) is 0 Å². The molecular weight excluding hydrogens is 374 g/mol. The van der Waals surface area contributed by atoms with Crippen LogP contribution in [0.5, 0.6) is 0 Å². The van der Waals surface area contributed by atoms with Gasteiger partial charge in [-0.05, 0) is 43.3 Å². The van der Waals surface area contributed by atoms with E-state index in [2.05, 4.69) is 20.3 Å². The number of nitrogens with zero attached hydrogens (tertiary/aromatic N) is 3. The highest BCUT2D eigenvalue weighted by molar-refractivity contribution is 6.07. The number of aromatic nitrogens is 4. The van der Waals surface area contributed by atoms with Crippen molar-refractivity contribution < 1.29 is 4.79 Å². The summed E-state index contributed by atoms with van der Waals surface area (Å²) in [6, 6.07) is 20.8. The molecule has 0 bridgehead atoms. The first-order valence-electron chi connectivity index (χ1n) is 9.75. The van der Waals surface area contributed by atoms with Crippen LogP contribution in [0.1, 0.15) is 29.1 Å². The maximum absolute atomic E-state index is 13.2. The molecule has 2 N–H and O–H groups in total. The predicted octanol–water partition coefficient (Wildman–Crippen LogP) is 4.66. The number of H-pyrrole nitrogens is 1. The van der Waals surface area contributed by atoms with E-state index in [0.29, 0.717) is 5.56 Å². The normalized spacial score (nSPS) is 12.2. The van der Waals surface area contributed by atoms with Crippen LogP contribution < -0.4 is 5.32 Å². The zero-order valence-electron chi connectivity index (χ0n) is 16.3. The van der Waals surface area contributed by atoms with Crippen molar-refractivity contribution in [3.05, 3.63) is 90.5 Å². The van der Waals surface area contributed by atoms with Crippen molar-refractivity contribution in [3.8, 4) is 11.3 Å². The number of fused-ring (bicyclic) bond motifs is 2. The number of amides is 1. The lowest BCUT2D eigenvalue weighted by Gasteiger charge is -2.14. The molecule has 0 saturated heterocycles. The number of rotatable bonds is 4. The zero-order valence-corrected chi connectivity index (χ0v) is 16.3. The van der Waals surface area contributed by atoms with Gasteiger partial charge in [-0.1, -0.05) is 30.3 Å². The molecule has 1 amide bonds. The minimum atomic E-state index is -0.277. The summed E-state index contributed by atoms with van der Waals surface area (Å²) in [5.41, 5.74) is 4.82. The van der Waals surface area contributed by atoms with E-state index in [4.69, 9.17) is 4.98 Å². The fourth-order valence-electron chi connectivity index (χ4n) is 3.55. The second-order valence-electron chi connectivity index (χ2n) is 7.14. The highest BCUT2D eigenvalue weighted by Gasteiger charge is 2.18. The number of carbonyl (C=O) groups is 1. The van der Waals surface area contributed by atoms with Crippen molar-refractivity contribution in [2.24, 2.45) is 0 Å². The summed E-state index contributed by atoms with van der Waals surface area (Å²) in [4.78, 5) is 29.9. The highest BCUT2D eigenvalue weighted by atomic mass is 16.1. The maximum atomic E-state index is 13.2. The maximum Gasteiger partial charge on any atom is 0.252 e. The summed E-state index contributed by atoms with van der Waals surface area (Å²) < 4.78 is 0. The summed E-state index contributed by atoms with van der Waals surface area (Å²) in [5, 5.41) is 3.88. The highest BCUT2D eigenvalue weighted by Crippen LogP contribution is 2.25. The van der Waals surface area contributed by atoms with Crippen LogP contribution in [0.25, 0.3) is 33.2 Å². The third-order valence-corrected chi connectivity index (χ3v) is 5.10. The average molecular weight is 393 g/mol. The Morgan fingerprint density at radius 3 is 2.47 bits per heavy atom. The molecular formula is C24H19N5O. The first-order valence-corrected chi connectivity index (χ1v) is 9.75. The Balaban J connectivity index is 1.52. The van der Waals surface area contributed by atoms with E-state index in [0.717, 1.165) is 39.0 Å². The number of aromatic amines is 1. The summed E-state index contributed by atoms with van der Waals surface area (Å²) in [6.07, 6.45) is 3.44. The summed E-state index contributed by atoms with van der Waals surface area (Å²) in [7, 11) is 0. The standard InChI is InChI=1S/C24H19N5O/c1-15(23-28-20-8-4-5-9-21(20)29-23)26-24(30)18-14-22(16-10-12-25-13-11-16)27-19-7-3-2-6-17(18)19/h2-15H,1H3,(H,26,30)(H,28,29). The molecule has 0 aliphatic heterocycles. The van der Waals surface area contributed by atoms with Crippen LogP contribution in [-0.2, 0) is 0 Å². The van der Waals surface area contributed by atoms with Crippen molar-refractivity contribution in [1.29, 1.82) is 0 Å². The van der Waals surface area contributed by atoms with Crippen LogP contribution in [-0.4, -0.2) is 25.8 Å². The summed E-state index contributed by atoms with van der Waals surface area (Å²) >= 11 is 0. The van der Waals surface area contributed by atoms with Gasteiger partial charge < -0.3 is 10.3 Å². The van der Waals surface area contributed by atoms with Crippen molar-refractivity contribution in [2.45, 2.75) is 13.0 Å². The van der Waals surface area contributed by atoms with Gasteiger partial charge in [0.1, 0.15) is 5.82 Å². The lowest BCUT2D eigenvalue weighted by atomic mass is 10.0. The van der Waals surface area contributed by atoms with E-state index in [1.165, 1.54) is 0 Å². The molecule has 0 spiro atoms. The summed E-state index contributed by atoms with van der Waals surface area (Å²) in [6.45, 7) is 1.92. The Morgan fingerprint density at radius 2 is 1.67 bits per heavy atom. The molecule has 0 aliphatic rings. The van der Waals surface area contributed by atoms with Gasteiger partial charge in [0, 0.05) is 23.3 Å². The predicted molar refractivity (Wildman–Crippen MR) is 117 cm³/mol. The van der Waals surface area contributed by atoms with Crippen LogP contribution in [0.3, 0.4) is 0 Å². The van der Waals surface area contributed by atoms with Gasteiger partial charge in [-0.15, -0.1) is 0 Å². The van der Waals surface area contributed by atoms with Crippen LogP contribution in [0.2, 0.25) is 0 Å². The largest absolute Gasteiger partial charge is 0.342 e. The minimum Gasteiger partial charge on any atom is -0.342 e. The SMILES string of the molecule is CC(NC(=O)c1cc(-c2ccncc2)nc2ccccc12)c1nc2ccccc2[nH]1. The monoisotopic (exact) mass is 393 g/mol. The molecule has 1 unspecified atom stereocenters. The van der Waals surface area contributed by atoms with Crippen molar-refractivity contribution in [2.75, 3.05) is 0 Å². The van der Waals surface area contributed by atoms with Crippen LogP contribution >= 0.6 is 0 Å². The van der Waals surface area contributed by atoms with Crippen LogP contribution in [0.15, 0.2) is 79.1 Å². The molecule has 5 rings (SSSR count). The second-order valence-corrected chi connectivity index (χ2v) is 7.14. The second kappa shape index (κ2) is 7.40. The van der Waals surface area contributed by atoms with Gasteiger partial charge >= 0.3 is 0 Å². The van der Waals surface area contributed by atoms with Gasteiger partial charge in [-0.2, -0.15) is 0 Å². The van der Waals surface area contributed by atoms with E-state index in [9.17, 15) is 4.79 Å². The molecule has 3 heterocycles. The Hall–Kier alpha value is -4.06. The van der Waals surface area contributed by atoms with Gasteiger partial charge in [0.05, 0.1) is 33.8 Å². The van der Waals surface area contributed by atoms with E-state index in [1.807, 2.05) is 73.7 Å². The molecule has 0 saturated carbocycles. The Morgan fingerprint density at radius 1 is 0.933 bits per heavy atom. The van der Waals surface area contributed by atoms with E-state index < -0.39 is 0 Å². The molecule has 146 valence electrons. The van der Waals surface area contributed by atoms with Gasteiger partial charge in [0.15, 0.2) is 0 Å². The molecule has 3 aromatic heterocycles. The number of para-hydroxylation sites is 3. The van der Waals surface area contributed by atoms with E-state index in [1.54, 1.807) is 12.4 Å². The number of carbonyl (C=O) groups excluding carboxylic acids is 1. The molecule has 6 nitrogen and oxygen atoms in total. The number of benzene rings is 2. The Bertz CT molecular complexity index is 1330. The third kappa shape index (κ3) is 3.28. The quantitative estimate of drug-likeness (QED) is 0.465. The first kappa shape index (κ1) is 18.0. The minimum absolute atomic E-state index is 0.170. The number of nitrogens with one attached hydrogen (secondary N) is 2. The summed E-state index contributed by atoms with van der Waals surface area (Å²) in [5.74, 6) is 0.550. The molecule has 6 heteroatoms. The van der Waals surface area contributed by atoms with Crippen LogP contribution in [0.4, 0.5) is 0 Å². The number of imidazole rings is 1. The van der Waals surface area contributed by atoms with Gasteiger partial charge in [-0.25, -0.2) is 9.97 Å². The van der Waals surface area contributed by atoms with E-state index >= 15 is 0 Å². The molecule has 1 atom stereocenters. The molecule has 0 radical (unpaired) electrons. The topological polar surface area (TPSA) is 83.6 Å². The average Bonchev–Trinajstić information content (AvgIpc) is 3.23. The Kier molecular flexibility index (Phi) is 4.44. The molecule has 0 fully saturated rings. The van der Waals surface area contributed by atoms with Gasteiger partial charge in [-0.3, -0.25) is 9.78 Å². The third-order valence-electron chi connectivity index (χ3n) is 5.10. The lowest BCUT2D eigenvalue weighted by Crippen LogP contribution is -2.27. The lowest BCUT2D eigenvalue weighted by molar-refractivity contribution is 0.0940. The van der Waals surface area contributed by atoms with Crippen LogP contribution in [0, 0.1) is 0 Å². The van der Waals surface area contributed by atoms with Gasteiger partial charge in [0.2, 0.25) is 0 Å². The molecule has 0 aliphatic carbocycles. The molecule has 2 aromatic carbocycles.